The third-order valence-corrected chi connectivity index (χ3v) is 4.14. The number of ether oxygens (including phenoxy) is 2. The number of hydrogen-bond acceptors (Lipinski definition) is 8. The highest BCUT2D eigenvalue weighted by Gasteiger charge is 2.50. The third kappa shape index (κ3) is 4.31. The molecule has 0 bridgehead atoms. The van der Waals surface area contributed by atoms with Crippen molar-refractivity contribution in [2.75, 3.05) is 7.11 Å². The van der Waals surface area contributed by atoms with Gasteiger partial charge >= 0.3 is 11.9 Å². The minimum atomic E-state index is -2.30. The fourth-order valence-electron chi connectivity index (χ4n) is 2.70. The summed E-state index contributed by atoms with van der Waals surface area (Å²) in [5.74, 6) is -2.35. The summed E-state index contributed by atoms with van der Waals surface area (Å²) >= 11 is 0. The van der Waals surface area contributed by atoms with Gasteiger partial charge in [-0.2, -0.15) is 0 Å². The van der Waals surface area contributed by atoms with E-state index in [-0.39, 0.29) is 11.5 Å². The van der Waals surface area contributed by atoms with E-state index in [1.165, 1.54) is 25.3 Å². The van der Waals surface area contributed by atoms with Crippen LogP contribution >= 0.6 is 0 Å². The number of hydrogen-bond donors (Lipinski definition) is 5. The number of carboxylic acid groups (broad SMARTS) is 1. The van der Waals surface area contributed by atoms with Crippen molar-refractivity contribution in [2.24, 2.45) is 0 Å². The molecule has 0 saturated heterocycles. The Morgan fingerprint density at radius 1 is 1.27 bits per heavy atom. The zero-order valence-corrected chi connectivity index (χ0v) is 13.9. The molecule has 0 amide bonds. The van der Waals surface area contributed by atoms with Gasteiger partial charge in [0.05, 0.1) is 13.2 Å². The second-order valence-corrected chi connectivity index (χ2v) is 6.04. The SMILES string of the molecule is COc1ccc(/C=C/C(=O)O[C@@H]2C[C@](O)(C(=O)O)C[C@@H](O)[C@H]2O)cc1O. The van der Waals surface area contributed by atoms with Gasteiger partial charge in [0.15, 0.2) is 17.1 Å². The summed E-state index contributed by atoms with van der Waals surface area (Å²) in [4.78, 5) is 23.0. The molecule has 5 N–H and O–H groups in total. The average Bonchev–Trinajstić information content (AvgIpc) is 2.57. The number of aliphatic hydroxyl groups excluding tert-OH is 2. The van der Waals surface area contributed by atoms with Crippen LogP contribution in [0.4, 0.5) is 0 Å². The van der Waals surface area contributed by atoms with Crippen molar-refractivity contribution in [1.82, 2.24) is 0 Å². The van der Waals surface area contributed by atoms with E-state index < -0.39 is 48.7 Å². The summed E-state index contributed by atoms with van der Waals surface area (Å²) in [5.41, 5.74) is -1.83. The normalized spacial score (nSPS) is 28.7. The molecule has 0 aromatic heterocycles. The molecule has 2 rings (SSSR count). The number of aliphatic hydroxyl groups is 3. The van der Waals surface area contributed by atoms with E-state index in [1.807, 2.05) is 0 Å². The molecule has 1 fully saturated rings. The van der Waals surface area contributed by atoms with Gasteiger partial charge < -0.3 is 35.0 Å². The van der Waals surface area contributed by atoms with Crippen LogP contribution in [0.2, 0.25) is 0 Å². The first-order valence-electron chi connectivity index (χ1n) is 7.74. The van der Waals surface area contributed by atoms with Crippen LogP contribution in [0.25, 0.3) is 6.08 Å². The predicted octanol–water partition coefficient (Wildman–Crippen LogP) is -0.343. The van der Waals surface area contributed by atoms with Crippen LogP contribution in [0.3, 0.4) is 0 Å². The number of aromatic hydroxyl groups is 1. The van der Waals surface area contributed by atoms with E-state index in [0.29, 0.717) is 5.56 Å². The predicted molar refractivity (Wildman–Crippen MR) is 87.4 cm³/mol. The van der Waals surface area contributed by atoms with Gasteiger partial charge in [-0.05, 0) is 23.8 Å². The molecule has 1 aliphatic carbocycles. The van der Waals surface area contributed by atoms with Crippen molar-refractivity contribution in [2.45, 2.75) is 36.8 Å². The van der Waals surface area contributed by atoms with Crippen LogP contribution in [0.15, 0.2) is 24.3 Å². The molecule has 0 aliphatic heterocycles. The Bertz CT molecular complexity index is 714. The Labute approximate surface area is 148 Å². The van der Waals surface area contributed by atoms with Crippen LogP contribution in [-0.2, 0) is 14.3 Å². The molecule has 0 radical (unpaired) electrons. The standard InChI is InChI=1S/C17H20O9/c1-25-12-4-2-9(6-10(12)18)3-5-14(20)26-13-8-17(24,16(22)23)7-11(19)15(13)21/h2-6,11,13,15,18-19,21,24H,7-8H2,1H3,(H,22,23)/b5-3+/t11-,13-,15-,17+/m1/s1. The lowest BCUT2D eigenvalue weighted by Gasteiger charge is -2.39. The minimum Gasteiger partial charge on any atom is -0.504 e. The molecule has 0 unspecified atom stereocenters. The van der Waals surface area contributed by atoms with E-state index >= 15 is 0 Å². The van der Waals surface area contributed by atoms with E-state index in [2.05, 4.69) is 0 Å². The van der Waals surface area contributed by atoms with Gasteiger partial charge in [-0.15, -0.1) is 0 Å². The number of benzene rings is 1. The molecule has 1 aromatic carbocycles. The lowest BCUT2D eigenvalue weighted by Crippen LogP contribution is -2.57. The van der Waals surface area contributed by atoms with E-state index in [9.17, 15) is 30.0 Å². The number of methoxy groups -OCH3 is 1. The highest BCUT2D eigenvalue weighted by Crippen LogP contribution is 2.31. The Balaban J connectivity index is 2.06. The van der Waals surface area contributed by atoms with Crippen molar-refractivity contribution < 1.29 is 44.6 Å². The topological polar surface area (TPSA) is 154 Å². The molecule has 9 nitrogen and oxygen atoms in total. The molecule has 1 saturated carbocycles. The van der Waals surface area contributed by atoms with Gasteiger partial charge in [-0.1, -0.05) is 6.07 Å². The molecule has 0 spiro atoms. The van der Waals surface area contributed by atoms with Crippen molar-refractivity contribution >= 4 is 18.0 Å². The number of carboxylic acids is 1. The summed E-state index contributed by atoms with van der Waals surface area (Å²) < 4.78 is 9.87. The number of aliphatic carboxylic acids is 1. The smallest absolute Gasteiger partial charge is 0.335 e. The lowest BCUT2D eigenvalue weighted by atomic mass is 9.79. The Hall–Kier alpha value is -2.62. The average molecular weight is 368 g/mol. The fraction of sp³-hybridized carbons (Fsp3) is 0.412. The summed E-state index contributed by atoms with van der Waals surface area (Å²) in [6.07, 6.45) is -3.24. The van der Waals surface area contributed by atoms with Gasteiger partial charge in [0, 0.05) is 18.9 Å². The van der Waals surface area contributed by atoms with Crippen molar-refractivity contribution in [1.29, 1.82) is 0 Å². The van der Waals surface area contributed by atoms with E-state index in [1.54, 1.807) is 6.07 Å². The first-order valence-corrected chi connectivity index (χ1v) is 7.74. The molecular formula is C17H20O9. The van der Waals surface area contributed by atoms with Gasteiger partial charge in [-0.25, -0.2) is 9.59 Å². The van der Waals surface area contributed by atoms with Gasteiger partial charge in [0.2, 0.25) is 0 Å². The third-order valence-electron chi connectivity index (χ3n) is 4.14. The van der Waals surface area contributed by atoms with Crippen LogP contribution in [0.5, 0.6) is 11.5 Å². The minimum absolute atomic E-state index is 0.125. The Morgan fingerprint density at radius 3 is 2.54 bits per heavy atom. The summed E-state index contributed by atoms with van der Waals surface area (Å²) in [5, 5.41) is 48.3. The van der Waals surface area contributed by atoms with Crippen molar-refractivity contribution in [3.8, 4) is 11.5 Å². The van der Waals surface area contributed by atoms with Gasteiger partial charge in [-0.3, -0.25) is 0 Å². The van der Waals surface area contributed by atoms with E-state index in [0.717, 1.165) is 6.08 Å². The first kappa shape index (κ1) is 19.7. The maximum Gasteiger partial charge on any atom is 0.335 e. The van der Waals surface area contributed by atoms with E-state index in [4.69, 9.17) is 14.6 Å². The number of carbonyl (C=O) groups is 2. The maximum atomic E-state index is 11.9. The number of carbonyl (C=O) groups excluding carboxylic acids is 1. The summed E-state index contributed by atoms with van der Waals surface area (Å²) in [7, 11) is 1.39. The second kappa shape index (κ2) is 7.73. The first-order chi connectivity index (χ1) is 12.2. The van der Waals surface area contributed by atoms with Crippen LogP contribution in [-0.4, -0.2) is 68.5 Å². The van der Waals surface area contributed by atoms with Crippen LogP contribution < -0.4 is 4.74 Å². The van der Waals surface area contributed by atoms with Crippen molar-refractivity contribution in [3.05, 3.63) is 29.8 Å². The Kier molecular flexibility index (Phi) is 5.86. The molecule has 9 heteroatoms. The molecule has 4 atom stereocenters. The summed E-state index contributed by atoms with van der Waals surface area (Å²) in [6.45, 7) is 0. The van der Waals surface area contributed by atoms with Gasteiger partial charge in [0.25, 0.3) is 0 Å². The molecule has 1 aliphatic rings. The molecule has 1 aromatic rings. The largest absolute Gasteiger partial charge is 0.504 e. The number of rotatable bonds is 5. The highest BCUT2D eigenvalue weighted by atomic mass is 16.6. The van der Waals surface area contributed by atoms with Gasteiger partial charge in [0.1, 0.15) is 12.2 Å². The zero-order chi connectivity index (χ0) is 19.5. The monoisotopic (exact) mass is 368 g/mol. The maximum absolute atomic E-state index is 11.9. The zero-order valence-electron chi connectivity index (χ0n) is 13.9. The molecular weight excluding hydrogens is 348 g/mol. The lowest BCUT2D eigenvalue weighted by molar-refractivity contribution is -0.196. The number of phenols is 1. The second-order valence-electron chi connectivity index (χ2n) is 6.04. The number of esters is 1. The fourth-order valence-corrected chi connectivity index (χ4v) is 2.70. The molecule has 26 heavy (non-hydrogen) atoms. The summed E-state index contributed by atoms with van der Waals surface area (Å²) in [6, 6.07) is 4.42. The number of phenolic OH excluding ortho intramolecular Hbond substituents is 1. The van der Waals surface area contributed by atoms with Crippen LogP contribution in [0.1, 0.15) is 18.4 Å². The molecule has 0 heterocycles. The highest BCUT2D eigenvalue weighted by molar-refractivity contribution is 5.87. The quantitative estimate of drug-likeness (QED) is 0.347. The van der Waals surface area contributed by atoms with Crippen molar-refractivity contribution in [3.63, 3.8) is 0 Å². The molecule has 142 valence electrons. The Morgan fingerprint density at radius 2 is 1.96 bits per heavy atom. The van der Waals surface area contributed by atoms with Crippen LogP contribution in [0, 0.1) is 0 Å².